The van der Waals surface area contributed by atoms with E-state index in [1.54, 1.807) is 21.3 Å². The molecule has 0 aliphatic heterocycles. The Morgan fingerprint density at radius 3 is 2.42 bits per heavy atom. The van der Waals surface area contributed by atoms with Gasteiger partial charge in [0.15, 0.2) is 17.5 Å². The van der Waals surface area contributed by atoms with Crippen LogP contribution in [0.25, 0.3) is 0 Å². The normalized spacial score (nSPS) is 10.8. The van der Waals surface area contributed by atoms with Gasteiger partial charge in [0.1, 0.15) is 5.75 Å². The van der Waals surface area contributed by atoms with Crippen LogP contribution in [0.4, 0.5) is 0 Å². The van der Waals surface area contributed by atoms with Crippen molar-refractivity contribution in [2.75, 3.05) is 41.1 Å². The van der Waals surface area contributed by atoms with Gasteiger partial charge in [-0.05, 0) is 42.3 Å². The summed E-state index contributed by atoms with van der Waals surface area (Å²) in [6.45, 7) is 5.33. The summed E-state index contributed by atoms with van der Waals surface area (Å²) >= 11 is 0. The summed E-state index contributed by atoms with van der Waals surface area (Å²) in [4.78, 5) is 4.69. The Labute approximate surface area is 202 Å². The van der Waals surface area contributed by atoms with Gasteiger partial charge in [-0.1, -0.05) is 18.2 Å². The van der Waals surface area contributed by atoms with Gasteiger partial charge in [0.25, 0.3) is 0 Å². The predicted octanol–water partition coefficient (Wildman–Crippen LogP) is 3.99. The third-order valence-corrected chi connectivity index (χ3v) is 4.33. The quantitative estimate of drug-likeness (QED) is 0.183. The van der Waals surface area contributed by atoms with E-state index in [1.807, 2.05) is 49.4 Å². The van der Waals surface area contributed by atoms with E-state index in [1.165, 1.54) is 0 Å². The largest absolute Gasteiger partial charge is 0.493 e. The number of hydrogen-bond donors (Lipinski definition) is 2. The minimum Gasteiger partial charge on any atom is -0.493 e. The molecule has 0 unspecified atom stereocenters. The number of nitrogens with zero attached hydrogens (tertiary/aromatic N) is 1. The van der Waals surface area contributed by atoms with Crippen LogP contribution < -0.4 is 24.8 Å². The molecular weight excluding hydrogens is 509 g/mol. The number of nitrogens with one attached hydrogen (secondary N) is 2. The van der Waals surface area contributed by atoms with E-state index < -0.39 is 0 Å². The van der Waals surface area contributed by atoms with Crippen molar-refractivity contribution in [1.29, 1.82) is 0 Å². The molecule has 8 heteroatoms. The van der Waals surface area contributed by atoms with Crippen LogP contribution in [0.1, 0.15) is 24.5 Å². The zero-order valence-electron chi connectivity index (χ0n) is 18.8. The third-order valence-electron chi connectivity index (χ3n) is 4.33. The average Bonchev–Trinajstić information content (AvgIpc) is 2.78. The molecule has 2 rings (SSSR count). The summed E-state index contributed by atoms with van der Waals surface area (Å²) in [6.07, 6.45) is 0.865. The molecule has 172 valence electrons. The Morgan fingerprint density at radius 1 is 0.903 bits per heavy atom. The maximum absolute atomic E-state index is 5.77. The number of methoxy groups -OCH3 is 3. The van der Waals surface area contributed by atoms with Crippen molar-refractivity contribution < 1.29 is 18.9 Å². The Bertz CT molecular complexity index is 802. The van der Waals surface area contributed by atoms with Gasteiger partial charge in [0.2, 0.25) is 0 Å². The number of hydrogen-bond acceptors (Lipinski definition) is 5. The molecule has 2 aromatic carbocycles. The van der Waals surface area contributed by atoms with Gasteiger partial charge in [0, 0.05) is 33.2 Å². The van der Waals surface area contributed by atoms with Crippen LogP contribution in [-0.2, 0) is 17.8 Å². The lowest BCUT2D eigenvalue weighted by atomic mass is 10.2. The summed E-state index contributed by atoms with van der Waals surface area (Å²) in [7, 11) is 4.96. The van der Waals surface area contributed by atoms with Crippen LogP contribution in [0.15, 0.2) is 47.5 Å². The second kappa shape index (κ2) is 15.6. The van der Waals surface area contributed by atoms with Crippen LogP contribution in [-0.4, -0.2) is 47.0 Å². The summed E-state index contributed by atoms with van der Waals surface area (Å²) in [6, 6.07) is 13.9. The summed E-state index contributed by atoms with van der Waals surface area (Å²) < 4.78 is 21.5. The smallest absolute Gasteiger partial charge is 0.191 e. The second-order valence-electron chi connectivity index (χ2n) is 6.58. The number of aliphatic imine (C=N–C) groups is 1. The molecule has 0 aliphatic rings. The molecule has 0 saturated heterocycles. The minimum absolute atomic E-state index is 0. The number of rotatable bonds is 12. The lowest BCUT2D eigenvalue weighted by molar-refractivity contribution is 0.172. The molecule has 0 radical (unpaired) electrons. The summed E-state index contributed by atoms with van der Waals surface area (Å²) in [5, 5.41) is 6.63. The van der Waals surface area contributed by atoms with Gasteiger partial charge in [-0.15, -0.1) is 24.0 Å². The van der Waals surface area contributed by atoms with E-state index >= 15 is 0 Å². The first kappa shape index (κ1) is 26.8. The van der Waals surface area contributed by atoms with Crippen molar-refractivity contribution in [3.63, 3.8) is 0 Å². The van der Waals surface area contributed by atoms with Gasteiger partial charge in [-0.2, -0.15) is 0 Å². The van der Waals surface area contributed by atoms with Gasteiger partial charge in [0.05, 0.1) is 27.4 Å². The highest BCUT2D eigenvalue weighted by Crippen LogP contribution is 2.27. The fourth-order valence-corrected chi connectivity index (χ4v) is 2.82. The van der Waals surface area contributed by atoms with Crippen molar-refractivity contribution in [1.82, 2.24) is 10.6 Å². The van der Waals surface area contributed by atoms with E-state index in [-0.39, 0.29) is 24.0 Å². The zero-order valence-corrected chi connectivity index (χ0v) is 21.1. The molecule has 2 N–H and O–H groups in total. The second-order valence-corrected chi connectivity index (χ2v) is 6.58. The van der Waals surface area contributed by atoms with Crippen LogP contribution in [0.3, 0.4) is 0 Å². The average molecular weight is 543 g/mol. The SMILES string of the molecule is CCNC(=NCc1cccc(OCCCOC)c1)NCc1ccc(OC)c(OC)c1.I. The van der Waals surface area contributed by atoms with E-state index in [2.05, 4.69) is 15.6 Å². The summed E-state index contributed by atoms with van der Waals surface area (Å²) in [5.41, 5.74) is 2.16. The molecule has 0 amide bonds. The minimum atomic E-state index is 0. The first-order chi connectivity index (χ1) is 14.7. The number of ether oxygens (including phenoxy) is 4. The van der Waals surface area contributed by atoms with Gasteiger partial charge in [-0.25, -0.2) is 4.99 Å². The first-order valence-electron chi connectivity index (χ1n) is 10.1. The topological polar surface area (TPSA) is 73.3 Å². The van der Waals surface area contributed by atoms with E-state index in [4.69, 9.17) is 18.9 Å². The molecule has 0 aliphatic carbocycles. The Balaban J connectivity index is 0.00000480. The van der Waals surface area contributed by atoms with E-state index in [0.717, 1.165) is 35.8 Å². The van der Waals surface area contributed by atoms with Crippen molar-refractivity contribution in [2.24, 2.45) is 4.99 Å². The molecular formula is C23H34IN3O4. The fraction of sp³-hybridized carbons (Fsp3) is 0.435. The van der Waals surface area contributed by atoms with Gasteiger partial charge < -0.3 is 29.6 Å². The van der Waals surface area contributed by atoms with Crippen molar-refractivity contribution in [3.05, 3.63) is 53.6 Å². The Hall–Kier alpha value is -2.20. The first-order valence-corrected chi connectivity index (χ1v) is 10.1. The molecule has 2 aromatic rings. The Morgan fingerprint density at radius 2 is 1.71 bits per heavy atom. The lowest BCUT2D eigenvalue weighted by Gasteiger charge is -2.13. The van der Waals surface area contributed by atoms with Crippen LogP contribution in [0, 0.1) is 0 Å². The molecule has 0 spiro atoms. The maximum atomic E-state index is 5.77. The maximum Gasteiger partial charge on any atom is 0.191 e. The molecule has 0 heterocycles. The Kier molecular flexibility index (Phi) is 13.5. The predicted molar refractivity (Wildman–Crippen MR) is 135 cm³/mol. The number of benzene rings is 2. The van der Waals surface area contributed by atoms with Crippen molar-refractivity contribution in [2.45, 2.75) is 26.4 Å². The molecule has 0 aromatic heterocycles. The number of guanidine groups is 1. The molecule has 0 atom stereocenters. The highest BCUT2D eigenvalue weighted by Gasteiger charge is 2.05. The fourth-order valence-electron chi connectivity index (χ4n) is 2.82. The van der Waals surface area contributed by atoms with E-state index in [9.17, 15) is 0 Å². The van der Waals surface area contributed by atoms with Crippen LogP contribution in [0.2, 0.25) is 0 Å². The van der Waals surface area contributed by atoms with E-state index in [0.29, 0.717) is 37.8 Å². The lowest BCUT2D eigenvalue weighted by Crippen LogP contribution is -2.36. The molecule has 0 bridgehead atoms. The number of halogens is 1. The molecule has 31 heavy (non-hydrogen) atoms. The van der Waals surface area contributed by atoms with Crippen molar-refractivity contribution in [3.8, 4) is 17.2 Å². The highest BCUT2D eigenvalue weighted by atomic mass is 127. The highest BCUT2D eigenvalue weighted by molar-refractivity contribution is 14.0. The zero-order chi connectivity index (χ0) is 21.6. The van der Waals surface area contributed by atoms with Gasteiger partial charge >= 0.3 is 0 Å². The molecule has 0 fully saturated rings. The van der Waals surface area contributed by atoms with Crippen molar-refractivity contribution >= 4 is 29.9 Å². The summed E-state index contributed by atoms with van der Waals surface area (Å²) in [5.74, 6) is 3.02. The van der Waals surface area contributed by atoms with Crippen LogP contribution >= 0.6 is 24.0 Å². The third kappa shape index (κ3) is 9.65. The van der Waals surface area contributed by atoms with Crippen LogP contribution in [0.5, 0.6) is 17.2 Å². The molecule has 7 nitrogen and oxygen atoms in total. The van der Waals surface area contributed by atoms with Gasteiger partial charge in [-0.3, -0.25) is 0 Å². The monoisotopic (exact) mass is 543 g/mol. The standard InChI is InChI=1S/C23H33N3O4.HI/c1-5-24-23(26-17-19-10-11-21(28-3)22(15-19)29-4)25-16-18-8-6-9-20(14-18)30-13-7-12-27-2;/h6,8-11,14-15H,5,7,12-13,16-17H2,1-4H3,(H2,24,25,26);1H. The molecule has 0 saturated carbocycles.